The van der Waals surface area contributed by atoms with Crippen molar-refractivity contribution in [3.8, 4) is 22.1 Å². The van der Waals surface area contributed by atoms with Crippen molar-refractivity contribution in [1.82, 2.24) is 10.2 Å². The van der Waals surface area contributed by atoms with Gasteiger partial charge < -0.3 is 14.8 Å². The molecule has 1 aromatic carbocycles. The highest BCUT2D eigenvalue weighted by Gasteiger charge is 2.12. The molecule has 1 heterocycles. The Balaban J connectivity index is 2.47. The first-order valence-corrected chi connectivity index (χ1v) is 5.83. The standard InChI is InChI=1S/C11H13N3O2S/c1-12-11-14-13-10(17-11)8-6-7(15-2)4-5-9(8)16-3/h4-6H,1-3H3,(H,12,14). The fourth-order valence-electron chi connectivity index (χ4n) is 1.41. The van der Waals surface area contributed by atoms with E-state index in [1.807, 2.05) is 25.2 Å². The van der Waals surface area contributed by atoms with Crippen molar-refractivity contribution in [2.75, 3.05) is 26.6 Å². The zero-order chi connectivity index (χ0) is 12.3. The highest BCUT2D eigenvalue weighted by molar-refractivity contribution is 7.18. The summed E-state index contributed by atoms with van der Waals surface area (Å²) in [5.74, 6) is 1.52. The van der Waals surface area contributed by atoms with Crippen LogP contribution in [0.4, 0.5) is 5.13 Å². The lowest BCUT2D eigenvalue weighted by atomic mass is 10.2. The van der Waals surface area contributed by atoms with Crippen LogP contribution in [-0.2, 0) is 0 Å². The van der Waals surface area contributed by atoms with Gasteiger partial charge >= 0.3 is 0 Å². The number of ether oxygens (including phenoxy) is 2. The minimum atomic E-state index is 0.754. The van der Waals surface area contributed by atoms with Crippen molar-refractivity contribution < 1.29 is 9.47 Å². The summed E-state index contributed by atoms with van der Waals surface area (Å²) in [5, 5.41) is 12.6. The van der Waals surface area contributed by atoms with Gasteiger partial charge in [-0.25, -0.2) is 0 Å². The van der Waals surface area contributed by atoms with Crippen molar-refractivity contribution in [1.29, 1.82) is 0 Å². The molecule has 0 aliphatic rings. The first-order valence-electron chi connectivity index (χ1n) is 5.02. The normalized spacial score (nSPS) is 10.1. The van der Waals surface area contributed by atoms with Gasteiger partial charge in [-0.1, -0.05) is 11.3 Å². The minimum absolute atomic E-state index is 0.754. The van der Waals surface area contributed by atoms with E-state index in [1.54, 1.807) is 14.2 Å². The van der Waals surface area contributed by atoms with Gasteiger partial charge in [0.2, 0.25) is 5.13 Å². The van der Waals surface area contributed by atoms with E-state index in [-0.39, 0.29) is 0 Å². The first-order chi connectivity index (χ1) is 8.28. The molecule has 0 fully saturated rings. The number of methoxy groups -OCH3 is 2. The number of nitrogens with zero attached hydrogens (tertiary/aromatic N) is 2. The number of anilines is 1. The number of hydrogen-bond donors (Lipinski definition) is 1. The molecule has 0 atom stereocenters. The predicted molar refractivity (Wildman–Crippen MR) is 68.0 cm³/mol. The lowest BCUT2D eigenvalue weighted by molar-refractivity contribution is 0.404. The SMILES string of the molecule is CNc1nnc(-c2cc(OC)ccc2OC)s1. The zero-order valence-electron chi connectivity index (χ0n) is 9.85. The van der Waals surface area contributed by atoms with E-state index in [9.17, 15) is 0 Å². The molecule has 17 heavy (non-hydrogen) atoms. The highest BCUT2D eigenvalue weighted by atomic mass is 32.1. The third-order valence-electron chi connectivity index (χ3n) is 2.28. The Morgan fingerprint density at radius 1 is 1.18 bits per heavy atom. The first kappa shape index (κ1) is 11.7. The Morgan fingerprint density at radius 2 is 2.00 bits per heavy atom. The molecule has 0 unspecified atom stereocenters. The van der Waals surface area contributed by atoms with E-state index in [2.05, 4.69) is 15.5 Å². The molecule has 0 spiro atoms. The van der Waals surface area contributed by atoms with Gasteiger partial charge in [0.15, 0.2) is 5.01 Å². The molecule has 2 rings (SSSR count). The lowest BCUT2D eigenvalue weighted by Gasteiger charge is -2.07. The Morgan fingerprint density at radius 3 is 2.59 bits per heavy atom. The van der Waals surface area contributed by atoms with Crippen LogP contribution in [0, 0.1) is 0 Å². The third-order valence-corrected chi connectivity index (χ3v) is 3.25. The van der Waals surface area contributed by atoms with Crippen molar-refractivity contribution in [2.24, 2.45) is 0 Å². The molecule has 0 radical (unpaired) electrons. The monoisotopic (exact) mass is 251 g/mol. The quantitative estimate of drug-likeness (QED) is 0.903. The van der Waals surface area contributed by atoms with Gasteiger partial charge in [0.25, 0.3) is 0 Å². The molecule has 1 aromatic heterocycles. The van der Waals surface area contributed by atoms with Crippen molar-refractivity contribution in [3.63, 3.8) is 0 Å². The molecule has 0 saturated carbocycles. The fourth-order valence-corrected chi connectivity index (χ4v) is 2.13. The molecule has 6 heteroatoms. The number of benzene rings is 1. The molecule has 90 valence electrons. The van der Waals surface area contributed by atoms with E-state index < -0.39 is 0 Å². The Bertz CT molecular complexity index is 513. The largest absolute Gasteiger partial charge is 0.497 e. The Labute approximate surface area is 103 Å². The van der Waals surface area contributed by atoms with Crippen molar-refractivity contribution in [2.45, 2.75) is 0 Å². The molecular weight excluding hydrogens is 238 g/mol. The van der Waals surface area contributed by atoms with Gasteiger partial charge in [0.05, 0.1) is 19.8 Å². The molecule has 1 N–H and O–H groups in total. The Kier molecular flexibility index (Phi) is 3.43. The maximum absolute atomic E-state index is 5.31. The van der Waals surface area contributed by atoms with E-state index in [0.29, 0.717) is 0 Å². The number of rotatable bonds is 4. The Hall–Kier alpha value is -1.82. The molecule has 0 aliphatic heterocycles. The van der Waals surface area contributed by atoms with Crippen LogP contribution in [0.1, 0.15) is 0 Å². The summed E-state index contributed by atoms with van der Waals surface area (Å²) >= 11 is 1.47. The molecule has 0 aliphatic carbocycles. The summed E-state index contributed by atoms with van der Waals surface area (Å²) in [5.41, 5.74) is 0.880. The second-order valence-electron chi connectivity index (χ2n) is 3.23. The summed E-state index contributed by atoms with van der Waals surface area (Å²) in [7, 11) is 5.07. The lowest BCUT2D eigenvalue weighted by Crippen LogP contribution is -1.90. The van der Waals surface area contributed by atoms with E-state index >= 15 is 0 Å². The van der Waals surface area contributed by atoms with Crippen LogP contribution in [0.2, 0.25) is 0 Å². The average Bonchev–Trinajstić information content (AvgIpc) is 2.86. The maximum Gasteiger partial charge on any atom is 0.205 e. The molecule has 2 aromatic rings. The number of aromatic nitrogens is 2. The molecular formula is C11H13N3O2S. The van der Waals surface area contributed by atoms with Gasteiger partial charge in [-0.15, -0.1) is 10.2 Å². The summed E-state index contributed by atoms with van der Waals surface area (Å²) in [4.78, 5) is 0. The molecule has 0 bridgehead atoms. The van der Waals surface area contributed by atoms with Gasteiger partial charge in [0, 0.05) is 7.05 Å². The summed E-state index contributed by atoms with van der Waals surface area (Å²) in [6.45, 7) is 0. The topological polar surface area (TPSA) is 56.3 Å². The van der Waals surface area contributed by atoms with E-state index in [1.165, 1.54) is 11.3 Å². The minimum Gasteiger partial charge on any atom is -0.497 e. The van der Waals surface area contributed by atoms with Crippen LogP contribution in [-0.4, -0.2) is 31.5 Å². The molecule has 0 saturated heterocycles. The smallest absolute Gasteiger partial charge is 0.205 e. The molecule has 5 nitrogen and oxygen atoms in total. The average molecular weight is 251 g/mol. The summed E-state index contributed by atoms with van der Waals surface area (Å²) in [6.07, 6.45) is 0. The van der Waals surface area contributed by atoms with E-state index in [0.717, 1.165) is 27.2 Å². The van der Waals surface area contributed by atoms with Crippen LogP contribution in [0.25, 0.3) is 10.6 Å². The van der Waals surface area contributed by atoms with Crippen LogP contribution >= 0.6 is 11.3 Å². The van der Waals surface area contributed by atoms with Gasteiger partial charge in [-0.05, 0) is 18.2 Å². The van der Waals surface area contributed by atoms with Crippen molar-refractivity contribution >= 4 is 16.5 Å². The van der Waals surface area contributed by atoms with Crippen LogP contribution in [0.15, 0.2) is 18.2 Å². The van der Waals surface area contributed by atoms with Gasteiger partial charge in [-0.3, -0.25) is 0 Å². The van der Waals surface area contributed by atoms with Crippen molar-refractivity contribution in [3.05, 3.63) is 18.2 Å². The summed E-state index contributed by atoms with van der Waals surface area (Å²) < 4.78 is 10.5. The maximum atomic E-state index is 5.31. The second-order valence-corrected chi connectivity index (χ2v) is 4.21. The highest BCUT2D eigenvalue weighted by Crippen LogP contribution is 2.35. The van der Waals surface area contributed by atoms with Gasteiger partial charge in [0.1, 0.15) is 11.5 Å². The van der Waals surface area contributed by atoms with Gasteiger partial charge in [-0.2, -0.15) is 0 Å². The summed E-state index contributed by atoms with van der Waals surface area (Å²) in [6, 6.07) is 5.59. The van der Waals surface area contributed by atoms with Crippen LogP contribution in [0.3, 0.4) is 0 Å². The third kappa shape index (κ3) is 2.31. The fraction of sp³-hybridized carbons (Fsp3) is 0.273. The predicted octanol–water partition coefficient (Wildman–Crippen LogP) is 2.26. The number of hydrogen-bond acceptors (Lipinski definition) is 6. The molecule has 0 amide bonds. The van der Waals surface area contributed by atoms with E-state index in [4.69, 9.17) is 9.47 Å². The van der Waals surface area contributed by atoms with Crippen LogP contribution < -0.4 is 14.8 Å². The second kappa shape index (κ2) is 5.01. The van der Waals surface area contributed by atoms with Crippen LogP contribution in [0.5, 0.6) is 11.5 Å². The number of nitrogens with one attached hydrogen (secondary N) is 1. The zero-order valence-corrected chi connectivity index (χ0v) is 10.7.